The van der Waals surface area contributed by atoms with Gasteiger partial charge < -0.3 is 5.32 Å². The number of aryl methyl sites for hydroxylation is 2. The van der Waals surface area contributed by atoms with Gasteiger partial charge in [-0.2, -0.15) is 0 Å². The lowest BCUT2D eigenvalue weighted by molar-refractivity contribution is -0.132. The van der Waals surface area contributed by atoms with E-state index in [0.717, 1.165) is 40.7 Å². The van der Waals surface area contributed by atoms with Gasteiger partial charge in [-0.1, -0.05) is 60.7 Å². The smallest absolute Gasteiger partial charge is 0.315 e. The van der Waals surface area contributed by atoms with Crippen LogP contribution in [0.2, 0.25) is 0 Å². The molecule has 1 atom stereocenters. The van der Waals surface area contributed by atoms with E-state index in [2.05, 4.69) is 10.2 Å². The molecule has 3 aromatic carbocycles. The van der Waals surface area contributed by atoms with Crippen molar-refractivity contribution in [2.45, 2.75) is 44.8 Å². The van der Waals surface area contributed by atoms with E-state index in [4.69, 9.17) is 0 Å². The molecule has 5 nitrogen and oxygen atoms in total. The number of imide groups is 1. The summed E-state index contributed by atoms with van der Waals surface area (Å²) in [6.45, 7) is 4.77. The number of nitrogens with zero attached hydrogens (tertiary/aromatic N) is 2. The Labute approximate surface area is 199 Å². The first-order chi connectivity index (χ1) is 16.4. The summed E-state index contributed by atoms with van der Waals surface area (Å²) in [5, 5.41) is 3.04. The molecule has 0 radical (unpaired) electrons. The Morgan fingerprint density at radius 2 is 1.65 bits per heavy atom. The van der Waals surface area contributed by atoms with E-state index in [1.807, 2.05) is 62.4 Å². The standard InChI is InChI=1S/C28H28FN3O2/c1-19-8-11-23(16-20(19)2)28(22-6-4-3-5-7-22)26(33)32(27(34)30-28)18-31(25-14-15-25)17-21-9-12-24(29)13-10-21/h3-13,16,25H,14-15,17-18H2,1-2H3,(H,30,34)/t28-/m1/s1. The number of rotatable bonds is 7. The van der Waals surface area contributed by atoms with E-state index in [9.17, 15) is 14.0 Å². The minimum Gasteiger partial charge on any atom is -0.315 e. The largest absolute Gasteiger partial charge is 0.326 e. The van der Waals surface area contributed by atoms with Crippen LogP contribution in [0, 0.1) is 19.7 Å². The maximum Gasteiger partial charge on any atom is 0.326 e. The molecule has 174 valence electrons. The SMILES string of the molecule is Cc1ccc([C@@]2(c3ccccc3)NC(=O)N(CN(Cc3ccc(F)cc3)C3CC3)C2=O)cc1C. The van der Waals surface area contributed by atoms with Gasteiger partial charge in [-0.3, -0.25) is 9.69 Å². The fourth-order valence-electron chi connectivity index (χ4n) is 4.67. The summed E-state index contributed by atoms with van der Waals surface area (Å²) < 4.78 is 13.4. The van der Waals surface area contributed by atoms with Gasteiger partial charge in [-0.25, -0.2) is 14.1 Å². The van der Waals surface area contributed by atoms with E-state index in [1.165, 1.54) is 17.0 Å². The zero-order valence-electron chi connectivity index (χ0n) is 19.4. The Hall–Kier alpha value is -3.51. The maximum absolute atomic E-state index is 14.1. The first kappa shape index (κ1) is 22.3. The van der Waals surface area contributed by atoms with Crippen molar-refractivity contribution in [3.8, 4) is 0 Å². The summed E-state index contributed by atoms with van der Waals surface area (Å²) in [7, 11) is 0. The van der Waals surface area contributed by atoms with Crippen LogP contribution in [0.25, 0.3) is 0 Å². The fraction of sp³-hybridized carbons (Fsp3) is 0.286. The normalized spacial score (nSPS) is 20.2. The average Bonchev–Trinajstić information content (AvgIpc) is 3.65. The van der Waals surface area contributed by atoms with Gasteiger partial charge in [0, 0.05) is 12.6 Å². The third-order valence-electron chi connectivity index (χ3n) is 6.94. The molecule has 2 aliphatic rings. The lowest BCUT2D eigenvalue weighted by atomic mass is 9.81. The monoisotopic (exact) mass is 457 g/mol. The maximum atomic E-state index is 14.1. The van der Waals surface area contributed by atoms with Crippen LogP contribution >= 0.6 is 0 Å². The van der Waals surface area contributed by atoms with Crippen molar-refractivity contribution in [1.82, 2.24) is 15.1 Å². The minimum atomic E-state index is -1.28. The molecule has 34 heavy (non-hydrogen) atoms. The molecule has 1 aliphatic carbocycles. The van der Waals surface area contributed by atoms with Gasteiger partial charge in [0.1, 0.15) is 5.82 Å². The molecule has 1 saturated heterocycles. The second-order valence-electron chi connectivity index (χ2n) is 9.32. The van der Waals surface area contributed by atoms with Crippen molar-refractivity contribution in [2.24, 2.45) is 0 Å². The quantitative estimate of drug-likeness (QED) is 0.516. The van der Waals surface area contributed by atoms with Crippen molar-refractivity contribution < 1.29 is 14.0 Å². The number of benzene rings is 3. The third kappa shape index (κ3) is 3.99. The number of hydrogen-bond acceptors (Lipinski definition) is 3. The molecule has 3 amide bonds. The van der Waals surface area contributed by atoms with Gasteiger partial charge in [-0.05, 0) is 66.6 Å². The highest BCUT2D eigenvalue weighted by Gasteiger charge is 2.54. The number of halogens is 1. The van der Waals surface area contributed by atoms with E-state index in [-0.39, 0.29) is 18.4 Å². The summed E-state index contributed by atoms with van der Waals surface area (Å²) in [4.78, 5) is 30.8. The lowest BCUT2D eigenvalue weighted by Gasteiger charge is -2.30. The van der Waals surface area contributed by atoms with Crippen molar-refractivity contribution in [2.75, 3.05) is 6.67 Å². The predicted molar refractivity (Wildman–Crippen MR) is 128 cm³/mol. The Bertz CT molecular complexity index is 1220. The van der Waals surface area contributed by atoms with Crippen LogP contribution in [0.1, 0.15) is 40.7 Å². The Morgan fingerprint density at radius 3 is 2.29 bits per heavy atom. The second kappa shape index (κ2) is 8.69. The summed E-state index contributed by atoms with van der Waals surface area (Å²) in [5.41, 5.74) is 3.34. The summed E-state index contributed by atoms with van der Waals surface area (Å²) >= 11 is 0. The van der Waals surface area contributed by atoms with Gasteiger partial charge in [0.25, 0.3) is 5.91 Å². The number of amides is 3. The minimum absolute atomic E-state index is 0.187. The fourth-order valence-corrected chi connectivity index (χ4v) is 4.67. The van der Waals surface area contributed by atoms with Crippen molar-refractivity contribution >= 4 is 11.9 Å². The van der Waals surface area contributed by atoms with Gasteiger partial charge in [0.2, 0.25) is 0 Å². The van der Waals surface area contributed by atoms with E-state index < -0.39 is 11.6 Å². The van der Waals surface area contributed by atoms with Crippen LogP contribution in [-0.2, 0) is 16.9 Å². The Kier molecular flexibility index (Phi) is 5.70. The van der Waals surface area contributed by atoms with Crippen LogP contribution in [0.15, 0.2) is 72.8 Å². The van der Waals surface area contributed by atoms with Crippen molar-refractivity contribution in [1.29, 1.82) is 0 Å². The van der Waals surface area contributed by atoms with E-state index in [0.29, 0.717) is 12.6 Å². The number of hydrogen-bond donors (Lipinski definition) is 1. The number of nitrogens with one attached hydrogen (secondary N) is 1. The number of carbonyl (C=O) groups excluding carboxylic acids is 2. The molecular formula is C28H28FN3O2. The predicted octanol–water partition coefficient (Wildman–Crippen LogP) is 4.86. The summed E-state index contributed by atoms with van der Waals surface area (Å²) in [6, 6.07) is 21.6. The zero-order valence-corrected chi connectivity index (χ0v) is 19.4. The molecule has 0 aromatic heterocycles. The van der Waals surface area contributed by atoms with Crippen molar-refractivity contribution in [3.05, 3.63) is 106 Å². The third-order valence-corrected chi connectivity index (χ3v) is 6.94. The highest BCUT2D eigenvalue weighted by molar-refractivity contribution is 6.09. The van der Waals surface area contributed by atoms with Gasteiger partial charge >= 0.3 is 6.03 Å². The number of urea groups is 1. The van der Waals surface area contributed by atoms with Crippen LogP contribution < -0.4 is 5.32 Å². The average molecular weight is 458 g/mol. The molecular weight excluding hydrogens is 429 g/mol. The first-order valence-electron chi connectivity index (χ1n) is 11.6. The van der Waals surface area contributed by atoms with Gasteiger partial charge in [0.05, 0.1) is 6.67 Å². The molecule has 1 saturated carbocycles. The first-order valence-corrected chi connectivity index (χ1v) is 11.6. The topological polar surface area (TPSA) is 52.7 Å². The highest BCUT2D eigenvalue weighted by Crippen LogP contribution is 2.38. The zero-order chi connectivity index (χ0) is 23.9. The van der Waals surface area contributed by atoms with Crippen LogP contribution in [0.4, 0.5) is 9.18 Å². The van der Waals surface area contributed by atoms with Crippen LogP contribution in [0.3, 0.4) is 0 Å². The molecule has 0 spiro atoms. The van der Waals surface area contributed by atoms with E-state index in [1.54, 1.807) is 12.1 Å². The number of carbonyl (C=O) groups is 2. The molecule has 3 aromatic rings. The lowest BCUT2D eigenvalue weighted by Crippen LogP contribution is -2.46. The summed E-state index contributed by atoms with van der Waals surface area (Å²) in [5.74, 6) is -0.562. The van der Waals surface area contributed by atoms with Crippen LogP contribution in [0.5, 0.6) is 0 Å². The molecule has 0 bridgehead atoms. The van der Waals surface area contributed by atoms with Crippen LogP contribution in [-0.4, -0.2) is 34.4 Å². The molecule has 6 heteroatoms. The molecule has 1 heterocycles. The highest BCUT2D eigenvalue weighted by atomic mass is 19.1. The van der Waals surface area contributed by atoms with Gasteiger partial charge in [0.15, 0.2) is 5.54 Å². The molecule has 1 aliphatic heterocycles. The Balaban J connectivity index is 1.49. The molecule has 5 rings (SSSR count). The molecule has 1 N–H and O–H groups in total. The van der Waals surface area contributed by atoms with Gasteiger partial charge in [-0.15, -0.1) is 0 Å². The summed E-state index contributed by atoms with van der Waals surface area (Å²) in [6.07, 6.45) is 2.04. The van der Waals surface area contributed by atoms with E-state index >= 15 is 0 Å². The Morgan fingerprint density at radius 1 is 0.941 bits per heavy atom. The van der Waals surface area contributed by atoms with Crippen molar-refractivity contribution in [3.63, 3.8) is 0 Å². The second-order valence-corrected chi connectivity index (χ2v) is 9.32. The molecule has 0 unspecified atom stereocenters. The molecule has 2 fully saturated rings.